The molecular formula is C20H26N4O6S. The highest BCUT2D eigenvalue weighted by Crippen LogP contribution is 2.24. The van der Waals surface area contributed by atoms with Crippen LogP contribution < -0.4 is 20.1 Å². The minimum Gasteiger partial charge on any atom is -0.492 e. The van der Waals surface area contributed by atoms with Crippen LogP contribution in [-0.4, -0.2) is 45.3 Å². The van der Waals surface area contributed by atoms with E-state index in [2.05, 4.69) is 22.2 Å². The molecule has 2 rings (SSSR count). The number of aryl methyl sites for hydroxylation is 1. The summed E-state index contributed by atoms with van der Waals surface area (Å²) in [5.74, 6) is -0.241. The zero-order valence-electron chi connectivity index (χ0n) is 17.3. The van der Waals surface area contributed by atoms with Crippen LogP contribution in [0.1, 0.15) is 18.1 Å². The molecule has 0 unspecified atom stereocenters. The molecule has 0 aromatic heterocycles. The van der Waals surface area contributed by atoms with Gasteiger partial charge in [0.25, 0.3) is 5.97 Å². The van der Waals surface area contributed by atoms with E-state index in [1.54, 1.807) is 36.4 Å². The lowest BCUT2D eigenvalue weighted by atomic mass is 10.2. The molecule has 0 atom stereocenters. The van der Waals surface area contributed by atoms with Crippen molar-refractivity contribution in [2.75, 3.05) is 13.2 Å². The lowest BCUT2D eigenvalue weighted by Crippen LogP contribution is -2.27. The zero-order valence-corrected chi connectivity index (χ0v) is 18.1. The van der Waals surface area contributed by atoms with Crippen molar-refractivity contribution in [1.29, 1.82) is 0 Å². The SMILES string of the molecule is C=NNC(N)=NCCOc1cc(C)cc(OS(=O)(=O)Cc2ccccc2)c1.CC(=O)O. The smallest absolute Gasteiger partial charge is 0.313 e. The fourth-order valence-corrected chi connectivity index (χ4v) is 3.29. The van der Waals surface area contributed by atoms with Crippen molar-refractivity contribution in [2.45, 2.75) is 19.6 Å². The molecule has 10 nitrogen and oxygen atoms in total. The molecule has 0 aliphatic heterocycles. The Morgan fingerprint density at radius 3 is 2.42 bits per heavy atom. The summed E-state index contributed by atoms with van der Waals surface area (Å²) in [6, 6.07) is 13.8. The molecule has 0 saturated carbocycles. The van der Waals surface area contributed by atoms with Gasteiger partial charge in [0.2, 0.25) is 5.96 Å². The molecule has 2 aromatic rings. The van der Waals surface area contributed by atoms with E-state index >= 15 is 0 Å². The van der Waals surface area contributed by atoms with Gasteiger partial charge in [-0.3, -0.25) is 4.79 Å². The standard InChI is InChI=1S/C18H22N4O4S.C2H4O2/c1-14-10-16(25-9-8-21-18(19)22-20-2)12-17(11-14)26-27(23,24)13-15-6-4-3-5-7-15;1-2(3)4/h3-7,10-12H,2,8-9,13H2,1H3,(H3,19,21,22);1H3,(H,3,4). The maximum absolute atomic E-state index is 12.3. The number of aliphatic imine (C=N–C) groups is 1. The number of ether oxygens (including phenoxy) is 1. The fraction of sp³-hybridized carbons (Fsp3) is 0.250. The number of rotatable bonds is 9. The van der Waals surface area contributed by atoms with Gasteiger partial charge in [-0.1, -0.05) is 30.3 Å². The molecule has 0 radical (unpaired) electrons. The highest BCUT2D eigenvalue weighted by molar-refractivity contribution is 7.86. The maximum Gasteiger partial charge on any atom is 0.313 e. The average molecular weight is 451 g/mol. The second-order valence-corrected chi connectivity index (χ2v) is 7.73. The van der Waals surface area contributed by atoms with Gasteiger partial charge in [0.05, 0.1) is 6.54 Å². The molecule has 31 heavy (non-hydrogen) atoms. The van der Waals surface area contributed by atoms with Crippen LogP contribution in [0.5, 0.6) is 11.5 Å². The summed E-state index contributed by atoms with van der Waals surface area (Å²) < 4.78 is 35.3. The number of hydrogen-bond donors (Lipinski definition) is 3. The predicted octanol–water partition coefficient (Wildman–Crippen LogP) is 1.89. The van der Waals surface area contributed by atoms with Crippen LogP contribution in [0.2, 0.25) is 0 Å². The number of nitrogens with zero attached hydrogens (tertiary/aromatic N) is 2. The second-order valence-electron chi connectivity index (χ2n) is 6.16. The van der Waals surface area contributed by atoms with Gasteiger partial charge >= 0.3 is 10.1 Å². The predicted molar refractivity (Wildman–Crippen MR) is 119 cm³/mol. The summed E-state index contributed by atoms with van der Waals surface area (Å²) in [6.45, 7) is 6.68. The van der Waals surface area contributed by atoms with Gasteiger partial charge in [0.1, 0.15) is 23.9 Å². The van der Waals surface area contributed by atoms with E-state index in [9.17, 15) is 8.42 Å². The number of nitrogens with two attached hydrogens (primary N) is 1. The highest BCUT2D eigenvalue weighted by Gasteiger charge is 2.15. The molecule has 11 heteroatoms. The van der Waals surface area contributed by atoms with Gasteiger partial charge < -0.3 is 19.8 Å². The lowest BCUT2D eigenvalue weighted by Gasteiger charge is -2.11. The number of carboxylic acid groups (broad SMARTS) is 1. The quantitative estimate of drug-likeness (QED) is 0.172. The summed E-state index contributed by atoms with van der Waals surface area (Å²) in [4.78, 5) is 13.0. The van der Waals surface area contributed by atoms with Gasteiger partial charge in [0.15, 0.2) is 0 Å². The van der Waals surface area contributed by atoms with E-state index in [-0.39, 0.29) is 24.1 Å². The van der Waals surface area contributed by atoms with Gasteiger partial charge in [-0.25, -0.2) is 10.4 Å². The van der Waals surface area contributed by atoms with Gasteiger partial charge in [0, 0.05) is 19.7 Å². The summed E-state index contributed by atoms with van der Waals surface area (Å²) in [6.07, 6.45) is 0. The van der Waals surface area contributed by atoms with Crippen LogP contribution in [0.15, 0.2) is 58.6 Å². The Morgan fingerprint density at radius 2 is 1.81 bits per heavy atom. The minimum absolute atomic E-state index is 0.133. The van der Waals surface area contributed by atoms with Crippen molar-refractivity contribution in [1.82, 2.24) is 5.43 Å². The van der Waals surface area contributed by atoms with E-state index in [0.29, 0.717) is 17.9 Å². The molecule has 2 aromatic carbocycles. The van der Waals surface area contributed by atoms with E-state index < -0.39 is 16.1 Å². The summed E-state index contributed by atoms with van der Waals surface area (Å²) in [7, 11) is -3.78. The first-order valence-electron chi connectivity index (χ1n) is 9.03. The van der Waals surface area contributed by atoms with Crippen LogP contribution in [0.3, 0.4) is 0 Å². The van der Waals surface area contributed by atoms with E-state index in [0.717, 1.165) is 12.5 Å². The molecule has 0 aliphatic carbocycles. The van der Waals surface area contributed by atoms with Crippen molar-refractivity contribution in [2.24, 2.45) is 15.8 Å². The normalized spacial score (nSPS) is 11.0. The number of guanidine groups is 1. The number of carboxylic acids is 1. The third kappa shape index (κ3) is 11.9. The molecule has 0 fully saturated rings. The highest BCUT2D eigenvalue weighted by atomic mass is 32.2. The monoisotopic (exact) mass is 450 g/mol. The fourth-order valence-electron chi connectivity index (χ4n) is 2.25. The van der Waals surface area contributed by atoms with E-state index in [4.69, 9.17) is 24.6 Å². The van der Waals surface area contributed by atoms with Crippen LogP contribution in [0.25, 0.3) is 0 Å². The number of nitrogens with one attached hydrogen (secondary N) is 1. The van der Waals surface area contributed by atoms with Gasteiger partial charge in [-0.2, -0.15) is 13.5 Å². The molecule has 0 spiro atoms. The topological polar surface area (TPSA) is 153 Å². The number of hydrazone groups is 1. The van der Waals surface area contributed by atoms with Crippen molar-refractivity contribution < 1.29 is 27.2 Å². The van der Waals surface area contributed by atoms with E-state index in [1.807, 2.05) is 13.0 Å². The van der Waals surface area contributed by atoms with Crippen LogP contribution in [0.4, 0.5) is 0 Å². The van der Waals surface area contributed by atoms with Crippen molar-refractivity contribution >= 4 is 28.8 Å². The molecule has 4 N–H and O–H groups in total. The Morgan fingerprint density at radius 1 is 1.19 bits per heavy atom. The average Bonchev–Trinajstić information content (AvgIpc) is 2.64. The number of aliphatic carboxylic acids is 1. The zero-order chi connectivity index (χ0) is 23.3. The number of carbonyl (C=O) groups is 1. The summed E-state index contributed by atoms with van der Waals surface area (Å²) in [5, 5.41) is 10.8. The summed E-state index contributed by atoms with van der Waals surface area (Å²) >= 11 is 0. The molecule has 0 amide bonds. The Balaban J connectivity index is 0.00000110. The van der Waals surface area contributed by atoms with Gasteiger partial charge in [-0.05, 0) is 30.2 Å². The third-order valence-electron chi connectivity index (χ3n) is 3.27. The minimum atomic E-state index is -3.78. The first-order valence-corrected chi connectivity index (χ1v) is 10.6. The molecule has 0 heterocycles. The second kappa shape index (κ2) is 12.9. The Labute approximate surface area is 181 Å². The Bertz CT molecular complexity index is 990. The lowest BCUT2D eigenvalue weighted by molar-refractivity contribution is -0.134. The Kier molecular flexibility index (Phi) is 10.5. The van der Waals surface area contributed by atoms with Gasteiger partial charge in [-0.15, -0.1) is 0 Å². The van der Waals surface area contributed by atoms with Crippen molar-refractivity contribution in [3.63, 3.8) is 0 Å². The molecule has 0 aliphatic rings. The third-order valence-corrected chi connectivity index (χ3v) is 4.40. The molecular weight excluding hydrogens is 424 g/mol. The first-order chi connectivity index (χ1) is 14.6. The maximum atomic E-state index is 12.3. The van der Waals surface area contributed by atoms with E-state index in [1.165, 1.54) is 6.07 Å². The van der Waals surface area contributed by atoms with Crippen LogP contribution in [-0.2, 0) is 20.7 Å². The number of hydrogen-bond acceptors (Lipinski definition) is 7. The molecule has 168 valence electrons. The molecule has 0 bridgehead atoms. The van der Waals surface area contributed by atoms with Crippen LogP contribution in [0, 0.1) is 6.92 Å². The van der Waals surface area contributed by atoms with Crippen LogP contribution >= 0.6 is 0 Å². The Hall–Kier alpha value is -3.60. The van der Waals surface area contributed by atoms with Crippen molar-refractivity contribution in [3.05, 3.63) is 59.7 Å². The van der Waals surface area contributed by atoms with Crippen molar-refractivity contribution in [3.8, 4) is 11.5 Å². The largest absolute Gasteiger partial charge is 0.492 e. The summed E-state index contributed by atoms with van der Waals surface area (Å²) in [5.41, 5.74) is 9.37. The first kappa shape index (κ1) is 25.4. The number of benzene rings is 2. The molecule has 0 saturated heterocycles.